The molecule has 1 aliphatic rings. The van der Waals surface area contributed by atoms with Crippen LogP contribution in [0.3, 0.4) is 0 Å². The van der Waals surface area contributed by atoms with Crippen molar-refractivity contribution in [2.24, 2.45) is 0 Å². The zero-order valence-electron chi connectivity index (χ0n) is 13.2. The van der Waals surface area contributed by atoms with Crippen molar-refractivity contribution in [3.63, 3.8) is 0 Å². The first-order valence-corrected chi connectivity index (χ1v) is 8.09. The summed E-state index contributed by atoms with van der Waals surface area (Å²) in [7, 11) is 0. The van der Waals surface area contributed by atoms with E-state index in [9.17, 15) is 0 Å². The Morgan fingerprint density at radius 3 is 2.92 bits per heavy atom. The highest BCUT2D eigenvalue weighted by Gasteiger charge is 2.26. The number of nitrogens with zero attached hydrogens (tertiary/aromatic N) is 6. The summed E-state index contributed by atoms with van der Waals surface area (Å²) in [5, 5.41) is 8.36. The van der Waals surface area contributed by atoms with Gasteiger partial charge in [-0.15, -0.1) is 10.2 Å². The van der Waals surface area contributed by atoms with Gasteiger partial charge in [-0.2, -0.15) is 0 Å². The van der Waals surface area contributed by atoms with E-state index in [-0.39, 0.29) is 5.92 Å². The van der Waals surface area contributed by atoms with Crippen molar-refractivity contribution >= 4 is 0 Å². The van der Waals surface area contributed by atoms with Crippen LogP contribution in [0.2, 0.25) is 0 Å². The largest absolute Gasteiger partial charge is 0.419 e. The Labute approximate surface area is 139 Å². The van der Waals surface area contributed by atoms with Gasteiger partial charge in [0.1, 0.15) is 5.69 Å². The number of piperidine rings is 1. The number of aromatic nitrogens is 5. The van der Waals surface area contributed by atoms with Crippen LogP contribution in [-0.2, 0) is 6.54 Å². The van der Waals surface area contributed by atoms with E-state index >= 15 is 0 Å². The Hall–Kier alpha value is -2.67. The van der Waals surface area contributed by atoms with Gasteiger partial charge >= 0.3 is 0 Å². The summed E-state index contributed by atoms with van der Waals surface area (Å²) in [6.07, 6.45) is 10.8. The summed E-state index contributed by atoms with van der Waals surface area (Å²) in [5.41, 5.74) is 1.84. The molecular formula is C17H18N6O. The van der Waals surface area contributed by atoms with Crippen molar-refractivity contribution in [1.82, 2.24) is 30.0 Å². The highest BCUT2D eigenvalue weighted by Crippen LogP contribution is 2.28. The van der Waals surface area contributed by atoms with E-state index in [1.165, 1.54) is 5.56 Å². The lowest BCUT2D eigenvalue weighted by atomic mass is 9.97. The lowest BCUT2D eigenvalue weighted by Crippen LogP contribution is -2.34. The molecule has 1 unspecified atom stereocenters. The third kappa shape index (κ3) is 3.30. The molecular weight excluding hydrogens is 304 g/mol. The number of hydrogen-bond donors (Lipinski definition) is 0. The van der Waals surface area contributed by atoms with Gasteiger partial charge in [0.15, 0.2) is 0 Å². The fourth-order valence-corrected chi connectivity index (χ4v) is 3.06. The molecule has 0 bridgehead atoms. The fraction of sp³-hybridized carbons (Fsp3) is 0.353. The number of pyridine rings is 1. The highest BCUT2D eigenvalue weighted by molar-refractivity contribution is 5.43. The monoisotopic (exact) mass is 322 g/mol. The minimum absolute atomic E-state index is 0.258. The molecule has 1 atom stereocenters. The first-order chi connectivity index (χ1) is 11.9. The zero-order chi connectivity index (χ0) is 16.2. The quantitative estimate of drug-likeness (QED) is 0.729. The van der Waals surface area contributed by atoms with Crippen LogP contribution in [0.4, 0.5) is 0 Å². The molecule has 0 amide bonds. The molecule has 3 aromatic rings. The SMILES string of the molecule is c1cncc(CN2CCCC(c3nnc(-c4cnccn4)o3)C2)c1. The topological polar surface area (TPSA) is 80.8 Å². The van der Waals surface area contributed by atoms with Crippen LogP contribution in [0.5, 0.6) is 0 Å². The number of rotatable bonds is 4. The van der Waals surface area contributed by atoms with Crippen molar-refractivity contribution in [2.75, 3.05) is 13.1 Å². The minimum Gasteiger partial charge on any atom is -0.419 e. The van der Waals surface area contributed by atoms with Crippen LogP contribution in [0.25, 0.3) is 11.6 Å². The van der Waals surface area contributed by atoms with Gasteiger partial charge in [0.25, 0.3) is 5.89 Å². The molecule has 7 heteroatoms. The van der Waals surface area contributed by atoms with Crippen molar-refractivity contribution in [2.45, 2.75) is 25.3 Å². The Bertz CT molecular complexity index is 776. The van der Waals surface area contributed by atoms with E-state index in [4.69, 9.17) is 4.42 Å². The van der Waals surface area contributed by atoms with E-state index in [2.05, 4.69) is 36.1 Å². The molecule has 1 fully saturated rings. The van der Waals surface area contributed by atoms with Gasteiger partial charge in [0, 0.05) is 37.9 Å². The Balaban J connectivity index is 1.45. The lowest BCUT2D eigenvalue weighted by molar-refractivity contribution is 0.186. The minimum atomic E-state index is 0.258. The van der Waals surface area contributed by atoms with E-state index in [0.29, 0.717) is 17.5 Å². The molecule has 4 rings (SSSR count). The molecule has 7 nitrogen and oxygen atoms in total. The molecule has 1 aliphatic heterocycles. The van der Waals surface area contributed by atoms with E-state index in [0.717, 1.165) is 32.5 Å². The van der Waals surface area contributed by atoms with Crippen LogP contribution in [0.1, 0.15) is 30.2 Å². The molecule has 122 valence electrons. The zero-order valence-corrected chi connectivity index (χ0v) is 13.2. The Kier molecular flexibility index (Phi) is 4.24. The van der Waals surface area contributed by atoms with Crippen LogP contribution >= 0.6 is 0 Å². The van der Waals surface area contributed by atoms with Gasteiger partial charge in [0.2, 0.25) is 5.89 Å². The molecule has 4 heterocycles. The first-order valence-electron chi connectivity index (χ1n) is 8.09. The van der Waals surface area contributed by atoms with Crippen molar-refractivity contribution < 1.29 is 4.42 Å². The summed E-state index contributed by atoms with van der Waals surface area (Å²) in [6.45, 7) is 2.89. The molecule has 0 radical (unpaired) electrons. The van der Waals surface area contributed by atoms with E-state index < -0.39 is 0 Å². The van der Waals surface area contributed by atoms with Crippen LogP contribution in [-0.4, -0.2) is 43.1 Å². The third-order valence-electron chi connectivity index (χ3n) is 4.21. The van der Waals surface area contributed by atoms with Gasteiger partial charge < -0.3 is 4.42 Å². The number of hydrogen-bond acceptors (Lipinski definition) is 7. The molecule has 0 saturated carbocycles. The fourth-order valence-electron chi connectivity index (χ4n) is 3.06. The summed E-state index contributed by atoms with van der Waals surface area (Å²) < 4.78 is 5.84. The molecule has 0 aromatic carbocycles. The summed E-state index contributed by atoms with van der Waals surface area (Å²) in [6, 6.07) is 4.08. The smallest absolute Gasteiger partial charge is 0.267 e. The second-order valence-electron chi connectivity index (χ2n) is 5.97. The maximum Gasteiger partial charge on any atom is 0.267 e. The molecule has 0 spiro atoms. The summed E-state index contributed by atoms with van der Waals surface area (Å²) >= 11 is 0. The van der Waals surface area contributed by atoms with Gasteiger partial charge in [-0.3, -0.25) is 14.9 Å². The first kappa shape index (κ1) is 14.9. The molecule has 24 heavy (non-hydrogen) atoms. The van der Waals surface area contributed by atoms with Crippen LogP contribution in [0, 0.1) is 0 Å². The average molecular weight is 322 g/mol. The molecule has 1 saturated heterocycles. The second-order valence-corrected chi connectivity index (χ2v) is 5.97. The molecule has 3 aromatic heterocycles. The Morgan fingerprint density at radius 1 is 1.12 bits per heavy atom. The van der Waals surface area contributed by atoms with Gasteiger partial charge in [-0.25, -0.2) is 4.98 Å². The Morgan fingerprint density at radius 2 is 2.08 bits per heavy atom. The van der Waals surface area contributed by atoms with Crippen LogP contribution in [0.15, 0.2) is 47.5 Å². The number of likely N-dealkylation sites (tertiary alicyclic amines) is 1. The van der Waals surface area contributed by atoms with Crippen molar-refractivity contribution in [3.05, 3.63) is 54.6 Å². The van der Waals surface area contributed by atoms with Gasteiger partial charge in [-0.05, 0) is 31.0 Å². The third-order valence-corrected chi connectivity index (χ3v) is 4.21. The predicted molar refractivity (Wildman–Crippen MR) is 86.8 cm³/mol. The van der Waals surface area contributed by atoms with Crippen molar-refractivity contribution in [1.29, 1.82) is 0 Å². The normalized spacial score (nSPS) is 18.6. The maximum atomic E-state index is 5.84. The average Bonchev–Trinajstić information content (AvgIpc) is 3.14. The van der Waals surface area contributed by atoms with Gasteiger partial charge in [0.05, 0.1) is 12.1 Å². The van der Waals surface area contributed by atoms with Crippen molar-refractivity contribution in [3.8, 4) is 11.6 Å². The van der Waals surface area contributed by atoms with E-state index in [1.807, 2.05) is 12.3 Å². The summed E-state index contributed by atoms with van der Waals surface area (Å²) in [4.78, 5) is 14.8. The van der Waals surface area contributed by atoms with Crippen LogP contribution < -0.4 is 0 Å². The van der Waals surface area contributed by atoms with E-state index in [1.54, 1.807) is 24.8 Å². The van der Waals surface area contributed by atoms with Gasteiger partial charge in [-0.1, -0.05) is 6.07 Å². The molecule has 0 N–H and O–H groups in total. The summed E-state index contributed by atoms with van der Waals surface area (Å²) in [5.74, 6) is 1.38. The predicted octanol–water partition coefficient (Wildman–Crippen LogP) is 2.30. The maximum absolute atomic E-state index is 5.84. The second kappa shape index (κ2) is 6.84. The molecule has 0 aliphatic carbocycles. The highest BCUT2D eigenvalue weighted by atomic mass is 16.4. The lowest BCUT2D eigenvalue weighted by Gasteiger charge is -2.30. The standard InChI is InChI=1S/C17H18N6O/c1-3-13(9-18-5-1)11-23-8-2-4-14(12-23)16-21-22-17(24-16)15-10-19-6-7-20-15/h1,3,5-7,9-10,14H,2,4,8,11-12H2.